The van der Waals surface area contributed by atoms with Gasteiger partial charge in [-0.15, -0.1) is 0 Å². The Morgan fingerprint density at radius 1 is 1.47 bits per heavy atom. The number of ether oxygens (including phenoxy) is 2. The lowest BCUT2D eigenvalue weighted by Gasteiger charge is -2.33. The van der Waals surface area contributed by atoms with E-state index in [4.69, 9.17) is 9.47 Å². The summed E-state index contributed by atoms with van der Waals surface area (Å²) in [5, 5.41) is 5.96. The Hall–Kier alpha value is -1.66. The van der Waals surface area contributed by atoms with Crippen molar-refractivity contribution in [3.63, 3.8) is 0 Å². The smallest absolute Gasteiger partial charge is 0.268 e. The SMILES string of the molecule is O=C1Nc2ncccc2OC1C1COCCN1. The van der Waals surface area contributed by atoms with E-state index >= 15 is 0 Å². The van der Waals surface area contributed by atoms with Gasteiger partial charge in [0, 0.05) is 12.7 Å². The van der Waals surface area contributed by atoms with Crippen LogP contribution < -0.4 is 15.4 Å². The molecule has 6 heteroatoms. The number of hydrogen-bond donors (Lipinski definition) is 2. The Labute approximate surface area is 98.3 Å². The van der Waals surface area contributed by atoms with Gasteiger partial charge >= 0.3 is 0 Å². The predicted molar refractivity (Wildman–Crippen MR) is 59.9 cm³/mol. The third kappa shape index (κ3) is 1.96. The molecule has 2 aliphatic heterocycles. The summed E-state index contributed by atoms with van der Waals surface area (Å²) in [6.07, 6.45) is 1.05. The number of carbonyl (C=O) groups is 1. The molecule has 3 rings (SSSR count). The van der Waals surface area contributed by atoms with E-state index in [1.165, 1.54) is 0 Å². The van der Waals surface area contributed by atoms with Crippen LogP contribution in [0.4, 0.5) is 5.82 Å². The number of rotatable bonds is 1. The molecule has 2 N–H and O–H groups in total. The molecular weight excluding hydrogens is 222 g/mol. The fraction of sp³-hybridized carbons (Fsp3) is 0.455. The number of anilines is 1. The fourth-order valence-corrected chi connectivity index (χ4v) is 2.00. The first kappa shape index (κ1) is 10.5. The minimum absolute atomic E-state index is 0.114. The first-order chi connectivity index (χ1) is 8.34. The molecular formula is C11H13N3O3. The molecule has 0 bridgehead atoms. The predicted octanol–water partition coefficient (Wildman–Crippen LogP) is -0.230. The molecule has 2 atom stereocenters. The second kappa shape index (κ2) is 4.31. The maximum absolute atomic E-state index is 11.9. The first-order valence-electron chi connectivity index (χ1n) is 5.58. The van der Waals surface area contributed by atoms with Crippen molar-refractivity contribution in [1.29, 1.82) is 0 Å². The molecule has 90 valence electrons. The van der Waals surface area contributed by atoms with Gasteiger partial charge in [0.25, 0.3) is 5.91 Å². The van der Waals surface area contributed by atoms with Crippen molar-refractivity contribution in [3.05, 3.63) is 18.3 Å². The van der Waals surface area contributed by atoms with Crippen molar-refractivity contribution in [1.82, 2.24) is 10.3 Å². The summed E-state index contributed by atoms with van der Waals surface area (Å²) in [6.45, 7) is 1.88. The minimum atomic E-state index is -0.563. The van der Waals surface area contributed by atoms with Crippen LogP contribution in [0.5, 0.6) is 5.75 Å². The highest BCUT2D eigenvalue weighted by molar-refractivity contribution is 5.97. The van der Waals surface area contributed by atoms with Crippen molar-refractivity contribution in [2.45, 2.75) is 12.1 Å². The lowest BCUT2D eigenvalue weighted by Crippen LogP contribution is -2.56. The van der Waals surface area contributed by atoms with E-state index in [0.717, 1.165) is 6.54 Å². The van der Waals surface area contributed by atoms with Crippen LogP contribution in [0.2, 0.25) is 0 Å². The van der Waals surface area contributed by atoms with Gasteiger partial charge in [0.15, 0.2) is 17.7 Å². The van der Waals surface area contributed by atoms with E-state index in [2.05, 4.69) is 15.6 Å². The van der Waals surface area contributed by atoms with E-state index in [1.807, 2.05) is 0 Å². The summed E-state index contributed by atoms with van der Waals surface area (Å²) in [6, 6.07) is 3.45. The molecule has 0 aromatic carbocycles. The summed E-state index contributed by atoms with van der Waals surface area (Å²) < 4.78 is 11.0. The first-order valence-corrected chi connectivity index (χ1v) is 5.58. The highest BCUT2D eigenvalue weighted by Crippen LogP contribution is 2.27. The molecule has 1 aromatic heterocycles. The van der Waals surface area contributed by atoms with Gasteiger partial charge in [-0.3, -0.25) is 4.79 Å². The van der Waals surface area contributed by atoms with Crippen LogP contribution in [0, 0.1) is 0 Å². The molecule has 1 saturated heterocycles. The Bertz CT molecular complexity index is 432. The van der Waals surface area contributed by atoms with E-state index in [0.29, 0.717) is 24.8 Å². The van der Waals surface area contributed by atoms with Gasteiger partial charge in [-0.1, -0.05) is 0 Å². The van der Waals surface area contributed by atoms with Crippen LogP contribution in [0.3, 0.4) is 0 Å². The van der Waals surface area contributed by atoms with Gasteiger partial charge in [0.1, 0.15) is 0 Å². The van der Waals surface area contributed by atoms with Gasteiger partial charge in [-0.05, 0) is 12.1 Å². The van der Waals surface area contributed by atoms with Crippen molar-refractivity contribution >= 4 is 11.7 Å². The maximum atomic E-state index is 11.9. The molecule has 0 radical (unpaired) electrons. The van der Waals surface area contributed by atoms with Crippen LogP contribution in [-0.4, -0.2) is 42.8 Å². The highest BCUT2D eigenvalue weighted by Gasteiger charge is 2.36. The average molecular weight is 235 g/mol. The van der Waals surface area contributed by atoms with Crippen LogP contribution in [0.1, 0.15) is 0 Å². The topological polar surface area (TPSA) is 72.5 Å². The zero-order chi connectivity index (χ0) is 11.7. The third-order valence-electron chi connectivity index (χ3n) is 2.84. The van der Waals surface area contributed by atoms with Crippen molar-refractivity contribution in [3.8, 4) is 5.75 Å². The molecule has 1 fully saturated rings. The summed E-state index contributed by atoms with van der Waals surface area (Å²) in [4.78, 5) is 15.9. The second-order valence-electron chi connectivity index (χ2n) is 4.01. The monoisotopic (exact) mass is 235 g/mol. The normalized spacial score (nSPS) is 27.9. The number of carbonyl (C=O) groups excluding carboxylic acids is 1. The Balaban J connectivity index is 1.81. The molecule has 0 saturated carbocycles. The standard InChI is InChI=1S/C11H13N3O3/c15-11-9(7-6-16-5-4-12-7)17-8-2-1-3-13-10(8)14-11/h1-3,7,9,12H,4-6H2,(H,13,14,15). The summed E-state index contributed by atoms with van der Waals surface area (Å²) in [5.41, 5.74) is 0. The number of nitrogens with one attached hydrogen (secondary N) is 2. The number of aromatic nitrogens is 1. The van der Waals surface area contributed by atoms with Gasteiger partial charge in [-0.25, -0.2) is 4.98 Å². The molecule has 3 heterocycles. The van der Waals surface area contributed by atoms with E-state index < -0.39 is 6.10 Å². The van der Waals surface area contributed by atoms with E-state index in [9.17, 15) is 4.79 Å². The molecule has 1 aromatic rings. The van der Waals surface area contributed by atoms with Gasteiger partial charge in [0.05, 0.1) is 19.3 Å². The fourth-order valence-electron chi connectivity index (χ4n) is 2.00. The number of fused-ring (bicyclic) bond motifs is 1. The van der Waals surface area contributed by atoms with Crippen LogP contribution in [0.25, 0.3) is 0 Å². The summed E-state index contributed by atoms with van der Waals surface area (Å²) in [5.74, 6) is 0.897. The van der Waals surface area contributed by atoms with E-state index in [1.54, 1.807) is 18.3 Å². The summed E-state index contributed by atoms with van der Waals surface area (Å²) >= 11 is 0. The van der Waals surface area contributed by atoms with Crippen LogP contribution >= 0.6 is 0 Å². The zero-order valence-corrected chi connectivity index (χ0v) is 9.18. The summed E-state index contributed by atoms with van der Waals surface area (Å²) in [7, 11) is 0. The van der Waals surface area contributed by atoms with Crippen molar-refractivity contribution in [2.75, 3.05) is 25.1 Å². The molecule has 0 aliphatic carbocycles. The van der Waals surface area contributed by atoms with E-state index in [-0.39, 0.29) is 11.9 Å². The van der Waals surface area contributed by atoms with Crippen molar-refractivity contribution < 1.29 is 14.3 Å². The molecule has 2 aliphatic rings. The van der Waals surface area contributed by atoms with Crippen LogP contribution in [0.15, 0.2) is 18.3 Å². The Morgan fingerprint density at radius 3 is 3.24 bits per heavy atom. The molecule has 2 unspecified atom stereocenters. The maximum Gasteiger partial charge on any atom is 0.268 e. The van der Waals surface area contributed by atoms with Crippen LogP contribution in [-0.2, 0) is 9.53 Å². The van der Waals surface area contributed by atoms with Gasteiger partial charge < -0.3 is 20.1 Å². The number of hydrogen-bond acceptors (Lipinski definition) is 5. The lowest BCUT2D eigenvalue weighted by molar-refractivity contribution is -0.126. The lowest BCUT2D eigenvalue weighted by atomic mass is 10.1. The molecule has 6 nitrogen and oxygen atoms in total. The minimum Gasteiger partial charge on any atom is -0.475 e. The molecule has 0 spiro atoms. The Morgan fingerprint density at radius 2 is 2.41 bits per heavy atom. The Kier molecular flexibility index (Phi) is 2.66. The number of morpholine rings is 1. The number of pyridine rings is 1. The molecule has 17 heavy (non-hydrogen) atoms. The largest absolute Gasteiger partial charge is 0.475 e. The third-order valence-corrected chi connectivity index (χ3v) is 2.84. The second-order valence-corrected chi connectivity index (χ2v) is 4.01. The number of amides is 1. The quantitative estimate of drug-likeness (QED) is 0.703. The number of nitrogens with zero attached hydrogens (tertiary/aromatic N) is 1. The van der Waals surface area contributed by atoms with Crippen molar-refractivity contribution in [2.24, 2.45) is 0 Å². The molecule has 1 amide bonds. The van der Waals surface area contributed by atoms with Gasteiger partial charge in [0.2, 0.25) is 0 Å². The van der Waals surface area contributed by atoms with Gasteiger partial charge in [-0.2, -0.15) is 0 Å². The highest BCUT2D eigenvalue weighted by atomic mass is 16.5. The zero-order valence-electron chi connectivity index (χ0n) is 9.18. The average Bonchev–Trinajstić information content (AvgIpc) is 2.39.